The fourth-order valence-corrected chi connectivity index (χ4v) is 6.96. The molecule has 1 N–H and O–H groups in total. The molecule has 1 spiro atoms. The Morgan fingerprint density at radius 1 is 1.12 bits per heavy atom. The van der Waals surface area contributed by atoms with Gasteiger partial charge in [-0.25, -0.2) is 4.90 Å². The average Bonchev–Trinajstić information content (AvgIpc) is 3.47. The van der Waals surface area contributed by atoms with E-state index < -0.39 is 23.3 Å². The summed E-state index contributed by atoms with van der Waals surface area (Å²) in [5.74, 6) is -2.17. The number of nitrogens with zero attached hydrogens (tertiary/aromatic N) is 2. The molecule has 4 unspecified atom stereocenters. The van der Waals surface area contributed by atoms with Gasteiger partial charge in [-0.2, -0.15) is 0 Å². The van der Waals surface area contributed by atoms with Crippen molar-refractivity contribution in [3.05, 3.63) is 51.5 Å². The van der Waals surface area contributed by atoms with Crippen molar-refractivity contribution < 1.29 is 19.1 Å². The van der Waals surface area contributed by atoms with Gasteiger partial charge in [-0.15, -0.1) is 0 Å². The molecule has 0 aromatic heterocycles. The lowest BCUT2D eigenvalue weighted by atomic mass is 9.75. The summed E-state index contributed by atoms with van der Waals surface area (Å²) in [6.45, 7) is 2.54. The minimum Gasteiger partial charge on any atom is -0.495 e. The molecule has 170 valence electrons. The van der Waals surface area contributed by atoms with Crippen LogP contribution in [0.5, 0.6) is 5.75 Å². The number of carbonyl (C=O) groups is 3. The van der Waals surface area contributed by atoms with Gasteiger partial charge in [0.15, 0.2) is 0 Å². The SMILES string of the molecule is COc1ccc(Cl)cc1N1C(=O)C2C3CCCN3C3(C(=O)Nc4c(Cl)cc(C)cc43)C2C1=O. The van der Waals surface area contributed by atoms with E-state index in [1.807, 2.05) is 13.0 Å². The van der Waals surface area contributed by atoms with Crippen LogP contribution in [0, 0.1) is 18.8 Å². The van der Waals surface area contributed by atoms with Crippen molar-refractivity contribution in [2.75, 3.05) is 23.9 Å². The summed E-state index contributed by atoms with van der Waals surface area (Å²) in [6, 6.07) is 8.32. The first-order chi connectivity index (χ1) is 15.8. The van der Waals surface area contributed by atoms with E-state index in [9.17, 15) is 14.4 Å². The zero-order chi connectivity index (χ0) is 23.2. The van der Waals surface area contributed by atoms with Crippen LogP contribution >= 0.6 is 23.2 Å². The maximum Gasteiger partial charge on any atom is 0.250 e. The molecule has 3 saturated heterocycles. The minimum atomic E-state index is -1.27. The quantitative estimate of drug-likeness (QED) is 0.655. The highest BCUT2D eigenvalue weighted by atomic mass is 35.5. The molecule has 4 atom stereocenters. The average molecular weight is 486 g/mol. The monoisotopic (exact) mass is 485 g/mol. The number of amides is 3. The molecule has 2 aromatic rings. The Balaban J connectivity index is 1.58. The smallest absolute Gasteiger partial charge is 0.250 e. The second-order valence-corrected chi connectivity index (χ2v) is 9.97. The third kappa shape index (κ3) is 2.47. The number of hydrogen-bond acceptors (Lipinski definition) is 5. The van der Waals surface area contributed by atoms with E-state index in [-0.39, 0.29) is 17.9 Å². The van der Waals surface area contributed by atoms with Gasteiger partial charge < -0.3 is 10.1 Å². The maximum absolute atomic E-state index is 14.1. The molecule has 0 saturated carbocycles. The van der Waals surface area contributed by atoms with Gasteiger partial charge in [0.25, 0.3) is 5.91 Å². The molecule has 3 amide bonds. The van der Waals surface area contributed by atoms with E-state index in [4.69, 9.17) is 27.9 Å². The van der Waals surface area contributed by atoms with Crippen molar-refractivity contribution in [2.45, 2.75) is 31.3 Å². The standard InChI is InChI=1S/C24H21Cl2N3O4/c1-11-8-13-20(14(26)9-11)27-23(32)24(13)19-18(15-4-3-7-28(15)24)21(30)29(22(19)31)16-10-12(25)5-6-17(16)33-2/h5-6,8-10,15,18-19H,3-4,7H2,1-2H3,(H,27,32). The Bertz CT molecular complexity index is 1260. The topological polar surface area (TPSA) is 79.0 Å². The van der Waals surface area contributed by atoms with E-state index >= 15 is 0 Å². The summed E-state index contributed by atoms with van der Waals surface area (Å²) >= 11 is 12.7. The molecule has 3 fully saturated rings. The van der Waals surface area contributed by atoms with Gasteiger partial charge in [0.1, 0.15) is 11.3 Å². The Morgan fingerprint density at radius 2 is 1.91 bits per heavy atom. The third-order valence-electron chi connectivity index (χ3n) is 7.58. The van der Waals surface area contributed by atoms with E-state index in [1.165, 1.54) is 12.0 Å². The molecule has 4 aliphatic heterocycles. The highest BCUT2D eigenvalue weighted by molar-refractivity contribution is 6.35. The number of benzene rings is 2. The van der Waals surface area contributed by atoms with Crippen LogP contribution in [-0.4, -0.2) is 42.3 Å². The highest BCUT2D eigenvalue weighted by Crippen LogP contribution is 2.61. The summed E-state index contributed by atoms with van der Waals surface area (Å²) < 4.78 is 5.43. The van der Waals surface area contributed by atoms with Gasteiger partial charge in [-0.3, -0.25) is 19.3 Å². The number of aryl methyl sites for hydroxylation is 1. The number of fused-ring (bicyclic) bond motifs is 7. The first-order valence-electron chi connectivity index (χ1n) is 10.9. The van der Waals surface area contributed by atoms with E-state index in [0.717, 1.165) is 18.4 Å². The molecule has 0 bridgehead atoms. The lowest BCUT2D eigenvalue weighted by Gasteiger charge is -2.37. The molecule has 7 nitrogen and oxygen atoms in total. The first-order valence-corrected chi connectivity index (χ1v) is 11.7. The van der Waals surface area contributed by atoms with Crippen molar-refractivity contribution in [3.63, 3.8) is 0 Å². The number of nitrogens with one attached hydrogen (secondary N) is 1. The zero-order valence-electron chi connectivity index (χ0n) is 18.0. The van der Waals surface area contributed by atoms with Crippen LogP contribution in [0.4, 0.5) is 11.4 Å². The molecular formula is C24H21Cl2N3O4. The van der Waals surface area contributed by atoms with E-state index in [0.29, 0.717) is 39.3 Å². The predicted molar refractivity (Wildman–Crippen MR) is 124 cm³/mol. The number of hydrogen-bond donors (Lipinski definition) is 1. The minimum absolute atomic E-state index is 0.211. The van der Waals surface area contributed by atoms with Gasteiger partial charge in [0.2, 0.25) is 11.8 Å². The summed E-state index contributed by atoms with van der Waals surface area (Å²) in [4.78, 5) is 44.9. The van der Waals surface area contributed by atoms with E-state index in [2.05, 4.69) is 10.2 Å². The van der Waals surface area contributed by atoms with Crippen molar-refractivity contribution in [3.8, 4) is 5.75 Å². The Kier molecular flexibility index (Phi) is 4.41. The Morgan fingerprint density at radius 3 is 2.67 bits per heavy atom. The second kappa shape index (κ2) is 6.95. The van der Waals surface area contributed by atoms with Crippen LogP contribution in [0.2, 0.25) is 10.0 Å². The Hall–Kier alpha value is -2.61. The highest BCUT2D eigenvalue weighted by Gasteiger charge is 2.75. The summed E-state index contributed by atoms with van der Waals surface area (Å²) in [5, 5.41) is 3.74. The van der Waals surface area contributed by atoms with Gasteiger partial charge in [0, 0.05) is 16.6 Å². The third-order valence-corrected chi connectivity index (χ3v) is 8.11. The summed E-state index contributed by atoms with van der Waals surface area (Å²) in [5.41, 5.74) is 1.12. The lowest BCUT2D eigenvalue weighted by Crippen LogP contribution is -2.54. The van der Waals surface area contributed by atoms with Gasteiger partial charge >= 0.3 is 0 Å². The van der Waals surface area contributed by atoms with Crippen molar-refractivity contribution in [1.82, 2.24) is 4.90 Å². The molecule has 2 aromatic carbocycles. The van der Waals surface area contributed by atoms with Crippen molar-refractivity contribution in [1.29, 1.82) is 0 Å². The van der Waals surface area contributed by atoms with Crippen molar-refractivity contribution in [2.24, 2.45) is 11.8 Å². The fourth-order valence-electron chi connectivity index (χ4n) is 6.47. The number of imide groups is 1. The van der Waals surface area contributed by atoms with Crippen LogP contribution in [-0.2, 0) is 19.9 Å². The fraction of sp³-hybridized carbons (Fsp3) is 0.375. The van der Waals surface area contributed by atoms with Crippen LogP contribution in [0.25, 0.3) is 0 Å². The number of carbonyl (C=O) groups excluding carboxylic acids is 3. The van der Waals surface area contributed by atoms with Crippen LogP contribution < -0.4 is 15.0 Å². The summed E-state index contributed by atoms with van der Waals surface area (Å²) in [7, 11) is 1.48. The molecule has 0 radical (unpaired) electrons. The zero-order valence-corrected chi connectivity index (χ0v) is 19.5. The molecular weight excluding hydrogens is 465 g/mol. The molecule has 0 aliphatic carbocycles. The second-order valence-electron chi connectivity index (χ2n) is 9.12. The number of halogens is 2. The molecule has 4 heterocycles. The van der Waals surface area contributed by atoms with Gasteiger partial charge in [0.05, 0.1) is 35.3 Å². The lowest BCUT2D eigenvalue weighted by molar-refractivity contribution is -0.135. The predicted octanol–water partition coefficient (Wildman–Crippen LogP) is 3.74. The first kappa shape index (κ1) is 21.0. The molecule has 4 aliphatic rings. The van der Waals surface area contributed by atoms with Gasteiger partial charge in [-0.05, 0) is 56.1 Å². The summed E-state index contributed by atoms with van der Waals surface area (Å²) in [6.07, 6.45) is 1.59. The van der Waals surface area contributed by atoms with Crippen LogP contribution in [0.3, 0.4) is 0 Å². The van der Waals surface area contributed by atoms with Crippen molar-refractivity contribution >= 4 is 52.3 Å². The van der Waals surface area contributed by atoms with Crippen LogP contribution in [0.15, 0.2) is 30.3 Å². The Labute approximate surface area is 200 Å². The van der Waals surface area contributed by atoms with Gasteiger partial charge in [-0.1, -0.05) is 29.3 Å². The number of rotatable bonds is 2. The number of methoxy groups -OCH3 is 1. The normalized spacial score (nSPS) is 30.1. The molecule has 6 rings (SSSR count). The largest absolute Gasteiger partial charge is 0.495 e. The van der Waals surface area contributed by atoms with Crippen LogP contribution in [0.1, 0.15) is 24.0 Å². The molecule has 9 heteroatoms. The molecule has 33 heavy (non-hydrogen) atoms. The maximum atomic E-state index is 14.1. The number of ether oxygens (including phenoxy) is 1. The number of anilines is 2. The van der Waals surface area contributed by atoms with E-state index in [1.54, 1.807) is 24.3 Å².